The SMILES string of the molecule is CC(CC1CCCCC1)C(=O)N1CC[C@](O)(Cn2cc(C(=O)N3CCNCC3)c(C3CC3)cc2=O)C(C)(C)C1. The Morgan fingerprint density at radius 3 is 2.38 bits per heavy atom. The number of likely N-dealkylation sites (tertiary alicyclic amines) is 1. The number of rotatable bonds is 7. The number of aliphatic hydroxyl groups is 1. The van der Waals surface area contributed by atoms with E-state index in [2.05, 4.69) is 12.2 Å². The second-order valence-corrected chi connectivity index (χ2v) is 13.5. The van der Waals surface area contributed by atoms with Crippen LogP contribution in [-0.2, 0) is 11.3 Å². The Balaban J connectivity index is 1.31. The zero-order valence-corrected chi connectivity index (χ0v) is 24.2. The van der Waals surface area contributed by atoms with Gasteiger partial charge in [0.15, 0.2) is 0 Å². The number of carbonyl (C=O) groups excluding carboxylic acids is 2. The van der Waals surface area contributed by atoms with Crippen molar-refractivity contribution in [3.63, 3.8) is 0 Å². The van der Waals surface area contributed by atoms with Crippen molar-refractivity contribution in [2.45, 2.75) is 96.6 Å². The highest BCUT2D eigenvalue weighted by molar-refractivity contribution is 5.95. The number of nitrogens with one attached hydrogen (secondary N) is 1. The number of piperazine rings is 1. The van der Waals surface area contributed by atoms with Crippen molar-refractivity contribution in [2.24, 2.45) is 17.3 Å². The molecule has 4 fully saturated rings. The van der Waals surface area contributed by atoms with E-state index >= 15 is 0 Å². The predicted octanol–water partition coefficient (Wildman–Crippen LogP) is 3.37. The quantitative estimate of drug-likeness (QED) is 0.553. The van der Waals surface area contributed by atoms with Crippen molar-refractivity contribution in [3.8, 4) is 0 Å². The van der Waals surface area contributed by atoms with E-state index < -0.39 is 11.0 Å². The zero-order chi connectivity index (χ0) is 27.8. The van der Waals surface area contributed by atoms with Crippen molar-refractivity contribution in [2.75, 3.05) is 39.3 Å². The molecule has 2 saturated carbocycles. The molecule has 2 aliphatic carbocycles. The molecule has 1 unspecified atom stereocenters. The highest BCUT2D eigenvalue weighted by atomic mass is 16.3. The average Bonchev–Trinajstić information content (AvgIpc) is 3.77. The van der Waals surface area contributed by atoms with E-state index in [9.17, 15) is 19.5 Å². The molecule has 1 aromatic heterocycles. The van der Waals surface area contributed by atoms with Gasteiger partial charge in [0.05, 0.1) is 17.7 Å². The summed E-state index contributed by atoms with van der Waals surface area (Å²) in [5.74, 6) is 1.08. The molecule has 1 aromatic rings. The smallest absolute Gasteiger partial charge is 0.255 e. The largest absolute Gasteiger partial charge is 0.387 e. The molecule has 3 heterocycles. The molecule has 8 nitrogen and oxygen atoms in total. The first-order valence-electron chi connectivity index (χ1n) is 15.3. The highest BCUT2D eigenvalue weighted by Gasteiger charge is 2.49. The minimum absolute atomic E-state index is 0.00811. The Hall–Kier alpha value is -2.19. The van der Waals surface area contributed by atoms with Crippen LogP contribution in [0.5, 0.6) is 0 Å². The molecule has 0 bridgehead atoms. The third-order valence-corrected chi connectivity index (χ3v) is 10.0. The molecule has 2 amide bonds. The van der Waals surface area contributed by atoms with Crippen LogP contribution in [0.3, 0.4) is 0 Å². The number of carbonyl (C=O) groups is 2. The number of pyridine rings is 1. The molecule has 216 valence electrons. The van der Waals surface area contributed by atoms with Crippen LogP contribution in [-0.4, -0.2) is 76.2 Å². The van der Waals surface area contributed by atoms with Gasteiger partial charge in [0.1, 0.15) is 0 Å². The van der Waals surface area contributed by atoms with Crippen LogP contribution in [0.15, 0.2) is 17.1 Å². The maximum Gasteiger partial charge on any atom is 0.255 e. The summed E-state index contributed by atoms with van der Waals surface area (Å²) in [6.45, 7) is 9.95. The first-order chi connectivity index (χ1) is 18.6. The lowest BCUT2D eigenvalue weighted by molar-refractivity contribution is -0.157. The molecule has 0 radical (unpaired) electrons. The molecule has 39 heavy (non-hydrogen) atoms. The third-order valence-electron chi connectivity index (χ3n) is 10.0. The topological polar surface area (TPSA) is 94.9 Å². The van der Waals surface area contributed by atoms with Gasteiger partial charge < -0.3 is 24.8 Å². The van der Waals surface area contributed by atoms with Crippen LogP contribution in [0.2, 0.25) is 0 Å². The van der Waals surface area contributed by atoms with Gasteiger partial charge in [0, 0.05) is 62.9 Å². The maximum absolute atomic E-state index is 13.5. The average molecular weight is 541 g/mol. The minimum atomic E-state index is -1.17. The molecule has 2 N–H and O–H groups in total. The van der Waals surface area contributed by atoms with Gasteiger partial charge in [-0.15, -0.1) is 0 Å². The van der Waals surface area contributed by atoms with Crippen molar-refractivity contribution in [3.05, 3.63) is 33.7 Å². The van der Waals surface area contributed by atoms with Crippen LogP contribution >= 0.6 is 0 Å². The molecule has 8 heteroatoms. The Morgan fingerprint density at radius 2 is 1.74 bits per heavy atom. The van der Waals surface area contributed by atoms with Crippen LogP contribution in [0.25, 0.3) is 0 Å². The van der Waals surface area contributed by atoms with E-state index in [4.69, 9.17) is 0 Å². The van der Waals surface area contributed by atoms with E-state index in [-0.39, 0.29) is 35.8 Å². The fourth-order valence-corrected chi connectivity index (χ4v) is 7.12. The summed E-state index contributed by atoms with van der Waals surface area (Å²) in [5.41, 5.74) is -0.486. The summed E-state index contributed by atoms with van der Waals surface area (Å²) in [6, 6.07) is 1.63. The number of hydrogen-bond acceptors (Lipinski definition) is 5. The molecule has 5 rings (SSSR count). The van der Waals surface area contributed by atoms with E-state index in [0.717, 1.165) is 37.9 Å². The Bertz CT molecular complexity index is 1110. The van der Waals surface area contributed by atoms with E-state index in [1.165, 1.54) is 32.1 Å². The van der Waals surface area contributed by atoms with Gasteiger partial charge in [-0.1, -0.05) is 52.9 Å². The first kappa shape index (κ1) is 28.3. The fourth-order valence-electron chi connectivity index (χ4n) is 7.12. The summed E-state index contributed by atoms with van der Waals surface area (Å²) in [5, 5.41) is 15.2. The molecule has 4 aliphatic rings. The monoisotopic (exact) mass is 540 g/mol. The van der Waals surface area contributed by atoms with E-state index in [1.807, 2.05) is 23.6 Å². The van der Waals surface area contributed by atoms with Gasteiger partial charge in [-0.05, 0) is 43.1 Å². The van der Waals surface area contributed by atoms with Crippen LogP contribution in [0.4, 0.5) is 0 Å². The van der Waals surface area contributed by atoms with Crippen molar-refractivity contribution < 1.29 is 14.7 Å². The lowest BCUT2D eigenvalue weighted by atomic mass is 9.69. The summed E-state index contributed by atoms with van der Waals surface area (Å²) in [6.07, 6.45) is 11.4. The molecule has 2 saturated heterocycles. The zero-order valence-electron chi connectivity index (χ0n) is 24.2. The molecular weight excluding hydrogens is 492 g/mol. The van der Waals surface area contributed by atoms with Crippen LogP contribution in [0.1, 0.15) is 100 Å². The predicted molar refractivity (Wildman–Crippen MR) is 152 cm³/mol. The summed E-state index contributed by atoms with van der Waals surface area (Å²) in [4.78, 5) is 44.0. The first-order valence-corrected chi connectivity index (χ1v) is 15.3. The standard InChI is InChI=1S/C31H48N4O4/c1-22(17-23-7-5-4-6-8-23)28(37)34-14-11-31(39,30(2,3)20-34)21-35-19-26(25(18-27(35)36)24-9-10-24)29(38)33-15-12-32-13-16-33/h18-19,22-24,32,39H,4-17,20-21H2,1-3H3/t22?,31-/m0/s1. The lowest BCUT2D eigenvalue weighted by Crippen LogP contribution is -2.61. The van der Waals surface area contributed by atoms with Gasteiger partial charge >= 0.3 is 0 Å². The number of nitrogens with zero attached hydrogens (tertiary/aromatic N) is 3. The van der Waals surface area contributed by atoms with Gasteiger partial charge in [-0.25, -0.2) is 0 Å². The second-order valence-electron chi connectivity index (χ2n) is 13.5. The molecule has 0 aromatic carbocycles. The van der Waals surface area contributed by atoms with Gasteiger partial charge in [-0.2, -0.15) is 0 Å². The lowest BCUT2D eigenvalue weighted by Gasteiger charge is -2.51. The normalized spacial score (nSPS) is 26.9. The molecule has 2 aliphatic heterocycles. The summed E-state index contributed by atoms with van der Waals surface area (Å²) in [7, 11) is 0. The number of aromatic nitrogens is 1. The Labute approximate surface area is 233 Å². The van der Waals surface area contributed by atoms with Crippen molar-refractivity contribution in [1.82, 2.24) is 19.7 Å². The molecular formula is C31H48N4O4. The van der Waals surface area contributed by atoms with Crippen LogP contribution in [0, 0.1) is 17.3 Å². The van der Waals surface area contributed by atoms with Gasteiger partial charge in [0.2, 0.25) is 5.91 Å². The summed E-state index contributed by atoms with van der Waals surface area (Å²) >= 11 is 0. The number of piperidine rings is 1. The second kappa shape index (κ2) is 11.4. The highest BCUT2D eigenvalue weighted by Crippen LogP contribution is 2.43. The maximum atomic E-state index is 13.5. The number of amides is 2. The summed E-state index contributed by atoms with van der Waals surface area (Å²) < 4.78 is 1.55. The third kappa shape index (κ3) is 6.12. The minimum Gasteiger partial charge on any atom is -0.387 e. The van der Waals surface area contributed by atoms with Gasteiger partial charge in [0.25, 0.3) is 11.5 Å². The van der Waals surface area contributed by atoms with E-state index in [0.29, 0.717) is 44.1 Å². The fraction of sp³-hybridized carbons (Fsp3) is 0.774. The van der Waals surface area contributed by atoms with Crippen LogP contribution < -0.4 is 10.9 Å². The Morgan fingerprint density at radius 1 is 1.05 bits per heavy atom. The molecule has 0 spiro atoms. The van der Waals surface area contributed by atoms with Gasteiger partial charge in [-0.3, -0.25) is 14.4 Å². The Kier molecular flexibility index (Phi) is 8.25. The van der Waals surface area contributed by atoms with Crippen molar-refractivity contribution in [1.29, 1.82) is 0 Å². The van der Waals surface area contributed by atoms with Crippen molar-refractivity contribution >= 4 is 11.8 Å². The van der Waals surface area contributed by atoms with E-state index in [1.54, 1.807) is 16.8 Å². The molecule has 2 atom stereocenters. The number of hydrogen-bond donors (Lipinski definition) is 2.